The third kappa shape index (κ3) is 24.5. The lowest BCUT2D eigenvalue weighted by atomic mass is 10.1. The van der Waals surface area contributed by atoms with Gasteiger partial charge in [0.2, 0.25) is 0 Å². The third-order valence-corrected chi connectivity index (χ3v) is 6.95. The van der Waals surface area contributed by atoms with Crippen LogP contribution < -0.4 is 16.0 Å². The maximum absolute atomic E-state index is 3.65. The van der Waals surface area contributed by atoms with Crippen LogP contribution in [0.3, 0.4) is 0 Å². The van der Waals surface area contributed by atoms with Crippen molar-refractivity contribution in [2.45, 2.75) is 154 Å². The van der Waals surface area contributed by atoms with E-state index in [1.807, 2.05) is 0 Å². The van der Waals surface area contributed by atoms with Gasteiger partial charge in [0.05, 0.1) is 0 Å². The van der Waals surface area contributed by atoms with Crippen LogP contribution in [0.25, 0.3) is 0 Å². The predicted molar refractivity (Wildman–Crippen MR) is 145 cm³/mol. The molecular weight excluding hydrogens is 390 g/mol. The lowest BCUT2D eigenvalue weighted by Crippen LogP contribution is -2.17. The van der Waals surface area contributed by atoms with Gasteiger partial charge < -0.3 is 16.0 Å². The Morgan fingerprint density at radius 3 is 1.06 bits per heavy atom. The molecule has 0 atom stereocenters. The quantitative estimate of drug-likeness (QED) is 0.106. The summed E-state index contributed by atoms with van der Waals surface area (Å²) >= 11 is 0. The van der Waals surface area contributed by atoms with Crippen molar-refractivity contribution in [3.8, 4) is 0 Å². The summed E-state index contributed by atoms with van der Waals surface area (Å²) in [5, 5.41) is 10.9. The summed E-state index contributed by atoms with van der Waals surface area (Å²) in [4.78, 5) is 0. The maximum Gasteiger partial charge on any atom is 0.00682 e. The van der Waals surface area contributed by atoms with E-state index in [4.69, 9.17) is 0 Å². The molecule has 0 amide bonds. The van der Waals surface area contributed by atoms with Gasteiger partial charge in [-0.15, -0.1) is 0 Å². The van der Waals surface area contributed by atoms with E-state index in [0.717, 1.165) is 6.04 Å². The van der Waals surface area contributed by atoms with Gasteiger partial charge in [0.1, 0.15) is 0 Å². The molecule has 0 bridgehead atoms. The van der Waals surface area contributed by atoms with E-state index in [2.05, 4.69) is 22.9 Å². The Bertz CT molecular complexity index is 343. The first kappa shape index (κ1) is 29.9. The molecule has 0 saturated heterocycles. The van der Waals surface area contributed by atoms with Crippen LogP contribution in [-0.2, 0) is 0 Å². The fourth-order valence-electron chi connectivity index (χ4n) is 4.52. The SMILES string of the molecule is CCCCCCNCCCCCCCCCCCCNCCCCCCCCNC1CC1. The fourth-order valence-corrected chi connectivity index (χ4v) is 4.52. The zero-order valence-corrected chi connectivity index (χ0v) is 22.2. The van der Waals surface area contributed by atoms with Gasteiger partial charge in [0, 0.05) is 6.04 Å². The molecular formula is C29H61N3. The molecule has 1 saturated carbocycles. The van der Waals surface area contributed by atoms with Crippen molar-refractivity contribution >= 4 is 0 Å². The van der Waals surface area contributed by atoms with E-state index in [1.165, 1.54) is 174 Å². The minimum Gasteiger partial charge on any atom is -0.317 e. The second-order valence-corrected chi connectivity index (χ2v) is 10.4. The summed E-state index contributed by atoms with van der Waals surface area (Å²) in [7, 11) is 0. The highest BCUT2D eigenvalue weighted by Crippen LogP contribution is 2.18. The maximum atomic E-state index is 3.65. The minimum atomic E-state index is 0.887. The van der Waals surface area contributed by atoms with Crippen molar-refractivity contribution in [1.82, 2.24) is 16.0 Å². The highest BCUT2D eigenvalue weighted by Gasteiger charge is 2.19. The predicted octanol–water partition coefficient (Wildman–Crippen LogP) is 7.74. The number of hydrogen-bond donors (Lipinski definition) is 3. The molecule has 3 nitrogen and oxygen atoms in total. The average Bonchev–Trinajstić information content (AvgIpc) is 3.63. The molecule has 1 rings (SSSR count). The van der Waals surface area contributed by atoms with E-state index < -0.39 is 0 Å². The van der Waals surface area contributed by atoms with Crippen LogP contribution in [0.4, 0.5) is 0 Å². The van der Waals surface area contributed by atoms with Crippen LogP contribution in [0, 0.1) is 0 Å². The van der Waals surface area contributed by atoms with Gasteiger partial charge in [0.15, 0.2) is 0 Å². The number of hydrogen-bond acceptors (Lipinski definition) is 3. The second kappa shape index (κ2) is 25.5. The topological polar surface area (TPSA) is 36.1 Å². The summed E-state index contributed by atoms with van der Waals surface area (Å²) in [5.74, 6) is 0. The molecule has 0 radical (unpaired) electrons. The fraction of sp³-hybridized carbons (Fsp3) is 1.00. The first-order chi connectivity index (χ1) is 15.9. The van der Waals surface area contributed by atoms with Gasteiger partial charge in [-0.05, 0) is 77.7 Å². The monoisotopic (exact) mass is 451 g/mol. The molecule has 0 aromatic heterocycles. The van der Waals surface area contributed by atoms with Crippen LogP contribution in [0.5, 0.6) is 0 Å². The molecule has 32 heavy (non-hydrogen) atoms. The van der Waals surface area contributed by atoms with Gasteiger partial charge >= 0.3 is 0 Å². The van der Waals surface area contributed by atoms with Crippen molar-refractivity contribution in [2.24, 2.45) is 0 Å². The highest BCUT2D eigenvalue weighted by molar-refractivity contribution is 4.80. The Morgan fingerprint density at radius 2 is 0.719 bits per heavy atom. The summed E-state index contributed by atoms with van der Waals surface area (Å²) in [5.41, 5.74) is 0. The van der Waals surface area contributed by atoms with E-state index in [1.54, 1.807) is 0 Å². The Labute approximate surface area is 203 Å². The molecule has 0 heterocycles. The van der Waals surface area contributed by atoms with Crippen LogP contribution in [0.1, 0.15) is 148 Å². The zero-order chi connectivity index (χ0) is 22.8. The van der Waals surface area contributed by atoms with Crippen LogP contribution in [-0.4, -0.2) is 38.8 Å². The van der Waals surface area contributed by atoms with E-state index in [-0.39, 0.29) is 0 Å². The summed E-state index contributed by atoms with van der Waals surface area (Å²) in [6.07, 6.45) is 31.1. The molecule has 0 aromatic carbocycles. The van der Waals surface area contributed by atoms with Crippen molar-refractivity contribution in [1.29, 1.82) is 0 Å². The molecule has 3 heteroatoms. The highest BCUT2D eigenvalue weighted by atomic mass is 14.9. The second-order valence-electron chi connectivity index (χ2n) is 10.4. The lowest BCUT2D eigenvalue weighted by molar-refractivity contribution is 0.521. The van der Waals surface area contributed by atoms with E-state index in [9.17, 15) is 0 Å². The van der Waals surface area contributed by atoms with Crippen molar-refractivity contribution in [3.05, 3.63) is 0 Å². The molecule has 192 valence electrons. The number of unbranched alkanes of at least 4 members (excludes halogenated alkanes) is 17. The molecule has 3 N–H and O–H groups in total. The largest absolute Gasteiger partial charge is 0.317 e. The van der Waals surface area contributed by atoms with Gasteiger partial charge in [-0.1, -0.05) is 103 Å². The van der Waals surface area contributed by atoms with Crippen LogP contribution >= 0.6 is 0 Å². The Hall–Kier alpha value is -0.120. The molecule has 1 aliphatic carbocycles. The summed E-state index contributed by atoms with van der Waals surface area (Å²) in [6, 6.07) is 0.887. The van der Waals surface area contributed by atoms with E-state index in [0.29, 0.717) is 0 Å². The van der Waals surface area contributed by atoms with Gasteiger partial charge in [0.25, 0.3) is 0 Å². The summed E-state index contributed by atoms with van der Waals surface area (Å²) in [6.45, 7) is 8.47. The Balaban J connectivity index is 1.58. The molecule has 0 spiro atoms. The van der Waals surface area contributed by atoms with Crippen molar-refractivity contribution < 1.29 is 0 Å². The molecule has 0 unspecified atom stereocenters. The van der Waals surface area contributed by atoms with Gasteiger partial charge in [-0.3, -0.25) is 0 Å². The van der Waals surface area contributed by atoms with Gasteiger partial charge in [-0.25, -0.2) is 0 Å². The van der Waals surface area contributed by atoms with Crippen LogP contribution in [0.15, 0.2) is 0 Å². The Morgan fingerprint density at radius 1 is 0.406 bits per heavy atom. The molecule has 1 fully saturated rings. The van der Waals surface area contributed by atoms with Crippen molar-refractivity contribution in [3.63, 3.8) is 0 Å². The lowest BCUT2D eigenvalue weighted by Gasteiger charge is -2.06. The average molecular weight is 452 g/mol. The molecule has 0 aromatic rings. The normalized spacial score (nSPS) is 13.8. The molecule has 1 aliphatic rings. The number of nitrogens with one attached hydrogen (secondary N) is 3. The molecule has 0 aliphatic heterocycles. The van der Waals surface area contributed by atoms with Crippen molar-refractivity contribution in [2.75, 3.05) is 32.7 Å². The first-order valence-electron chi connectivity index (χ1n) is 15.1. The number of rotatable bonds is 28. The van der Waals surface area contributed by atoms with Crippen LogP contribution in [0.2, 0.25) is 0 Å². The standard InChI is InChI=1S/C29H61N3/c1-2-3-4-17-24-30-25-18-13-9-7-5-6-8-10-14-19-26-31-27-20-15-11-12-16-21-28-32-29-22-23-29/h29-32H,2-28H2,1H3. The summed E-state index contributed by atoms with van der Waals surface area (Å²) < 4.78 is 0. The van der Waals surface area contributed by atoms with E-state index >= 15 is 0 Å². The minimum absolute atomic E-state index is 0.887. The Kier molecular flexibility index (Phi) is 23.8. The zero-order valence-electron chi connectivity index (χ0n) is 22.2. The third-order valence-electron chi connectivity index (χ3n) is 6.95. The van der Waals surface area contributed by atoms with Gasteiger partial charge in [-0.2, -0.15) is 0 Å². The first-order valence-corrected chi connectivity index (χ1v) is 15.1. The smallest absolute Gasteiger partial charge is 0.00682 e.